The van der Waals surface area contributed by atoms with Gasteiger partial charge in [-0.1, -0.05) is 59.9 Å². The Bertz CT molecular complexity index is 2190. The van der Waals surface area contributed by atoms with Gasteiger partial charge in [-0.3, -0.25) is 19.0 Å². The number of hydrogen-bond acceptors (Lipinski definition) is 6. The highest BCUT2D eigenvalue weighted by molar-refractivity contribution is 7.07. The molecule has 2 aliphatic rings. The van der Waals surface area contributed by atoms with E-state index in [1.165, 1.54) is 11.3 Å². The third-order valence-electron chi connectivity index (χ3n) is 8.58. The summed E-state index contributed by atoms with van der Waals surface area (Å²) in [7, 11) is 1.59. The number of nitrogens with zero attached hydrogens (tertiary/aromatic N) is 4. The predicted octanol–water partition coefficient (Wildman–Crippen LogP) is 4.46. The molecule has 0 unspecified atom stereocenters. The lowest BCUT2D eigenvalue weighted by atomic mass is 9.95. The molecule has 1 saturated heterocycles. The summed E-state index contributed by atoms with van der Waals surface area (Å²) in [6, 6.07) is 23.8. The maximum absolute atomic E-state index is 14.3. The number of thiazole rings is 1. The minimum atomic E-state index is -0.725. The molecule has 2 aliphatic heterocycles. The molecule has 1 N–H and O–H groups in total. The van der Waals surface area contributed by atoms with Crippen LogP contribution in [0.15, 0.2) is 106 Å². The number of allylic oxidation sites excluding steroid dienone is 1. The molecule has 2 amide bonds. The highest BCUT2D eigenvalue weighted by Gasteiger charge is 2.33. The smallest absolute Gasteiger partial charge is 0.271 e. The molecule has 0 spiro atoms. The maximum atomic E-state index is 14.3. The van der Waals surface area contributed by atoms with Crippen molar-refractivity contribution < 1.29 is 14.3 Å². The fraction of sp³-hybridized carbons (Fsp3) is 0.222. The molecule has 2 aromatic heterocycles. The second-order valence-corrected chi connectivity index (χ2v) is 12.5. The van der Waals surface area contributed by atoms with E-state index in [2.05, 4.69) is 5.32 Å². The summed E-state index contributed by atoms with van der Waals surface area (Å²) in [6.45, 7) is 3.64. The molecule has 3 aromatic carbocycles. The van der Waals surface area contributed by atoms with Crippen molar-refractivity contribution in [3.05, 3.63) is 127 Å². The number of amides is 2. The van der Waals surface area contributed by atoms with Crippen LogP contribution in [0.4, 0.5) is 5.69 Å². The van der Waals surface area contributed by atoms with Crippen molar-refractivity contribution in [1.29, 1.82) is 0 Å². The average Bonchev–Trinajstić information content (AvgIpc) is 3.80. The fourth-order valence-electron chi connectivity index (χ4n) is 6.33. The number of hydrogen-bond donors (Lipinski definition) is 1. The molecule has 10 heteroatoms. The van der Waals surface area contributed by atoms with Crippen LogP contribution in [0.5, 0.6) is 5.75 Å². The van der Waals surface area contributed by atoms with Gasteiger partial charge < -0.3 is 19.5 Å². The number of ether oxygens (including phenoxy) is 1. The summed E-state index contributed by atoms with van der Waals surface area (Å²) < 4.78 is 9.57. The van der Waals surface area contributed by atoms with Crippen LogP contribution in [0.1, 0.15) is 36.9 Å². The third-order valence-corrected chi connectivity index (χ3v) is 9.56. The number of aromatic nitrogens is 2. The van der Waals surface area contributed by atoms with Gasteiger partial charge in [-0.15, -0.1) is 0 Å². The van der Waals surface area contributed by atoms with Gasteiger partial charge >= 0.3 is 0 Å². The normalized spacial score (nSPS) is 16.4. The Morgan fingerprint density at radius 3 is 2.57 bits per heavy atom. The van der Waals surface area contributed by atoms with E-state index in [9.17, 15) is 14.4 Å². The monoisotopic (exact) mass is 631 g/mol. The number of rotatable bonds is 7. The van der Waals surface area contributed by atoms with Gasteiger partial charge in [0, 0.05) is 41.4 Å². The van der Waals surface area contributed by atoms with Crippen LogP contribution in [-0.4, -0.2) is 46.0 Å². The zero-order chi connectivity index (χ0) is 31.8. The lowest BCUT2D eigenvalue weighted by Gasteiger charge is -2.25. The average molecular weight is 632 g/mol. The van der Waals surface area contributed by atoms with E-state index in [4.69, 9.17) is 9.73 Å². The Balaban J connectivity index is 1.34. The van der Waals surface area contributed by atoms with Crippen molar-refractivity contribution in [3.8, 4) is 5.75 Å². The summed E-state index contributed by atoms with van der Waals surface area (Å²) in [6.07, 6.45) is 5.89. The van der Waals surface area contributed by atoms with E-state index in [0.29, 0.717) is 32.0 Å². The van der Waals surface area contributed by atoms with Crippen LogP contribution in [-0.2, 0) is 16.1 Å². The molecule has 4 heterocycles. The lowest BCUT2D eigenvalue weighted by Crippen LogP contribution is -2.40. The van der Waals surface area contributed by atoms with E-state index in [1.807, 2.05) is 101 Å². The Morgan fingerprint density at radius 1 is 1.02 bits per heavy atom. The molecule has 232 valence electrons. The molecule has 46 heavy (non-hydrogen) atoms. The number of benzene rings is 3. The van der Waals surface area contributed by atoms with Gasteiger partial charge in [-0.2, -0.15) is 0 Å². The zero-order valence-electron chi connectivity index (χ0n) is 25.6. The van der Waals surface area contributed by atoms with Crippen LogP contribution in [0.3, 0.4) is 0 Å². The number of likely N-dealkylation sites (tertiary alicyclic amines) is 1. The van der Waals surface area contributed by atoms with E-state index in [0.717, 1.165) is 48.0 Å². The first-order valence-corrected chi connectivity index (χ1v) is 16.1. The van der Waals surface area contributed by atoms with Gasteiger partial charge in [-0.25, -0.2) is 4.99 Å². The van der Waals surface area contributed by atoms with E-state index >= 15 is 0 Å². The minimum Gasteiger partial charge on any atom is -0.497 e. The molecule has 1 fully saturated rings. The number of carbonyl (C=O) groups excluding carboxylic acids is 2. The van der Waals surface area contributed by atoms with E-state index < -0.39 is 6.04 Å². The third kappa shape index (κ3) is 5.45. The molecule has 1 atom stereocenters. The summed E-state index contributed by atoms with van der Waals surface area (Å²) in [5.41, 5.74) is 3.81. The van der Waals surface area contributed by atoms with Gasteiger partial charge in [0.2, 0.25) is 5.91 Å². The second kappa shape index (κ2) is 12.3. The summed E-state index contributed by atoms with van der Waals surface area (Å²) in [5, 5.41) is 3.93. The van der Waals surface area contributed by atoms with Crippen LogP contribution in [0, 0.1) is 0 Å². The Kier molecular flexibility index (Phi) is 7.88. The molecule has 0 aliphatic carbocycles. The first-order valence-electron chi connectivity index (χ1n) is 15.3. The number of para-hydroxylation sites is 2. The van der Waals surface area contributed by atoms with Crippen LogP contribution >= 0.6 is 11.3 Å². The quantitative estimate of drug-likeness (QED) is 0.287. The molecule has 5 aromatic rings. The fourth-order valence-corrected chi connectivity index (χ4v) is 7.37. The predicted molar refractivity (Wildman–Crippen MR) is 180 cm³/mol. The van der Waals surface area contributed by atoms with E-state index in [1.54, 1.807) is 18.6 Å². The van der Waals surface area contributed by atoms with Crippen LogP contribution in [0.25, 0.3) is 17.0 Å². The van der Waals surface area contributed by atoms with Crippen molar-refractivity contribution in [1.82, 2.24) is 14.0 Å². The standard InChI is InChI=1S/C36H33N5O4S/c1-23-32(34(43)38-26-12-4-3-5-13-26)33(24-11-10-14-27(19-24)45-2)41-35(44)30(46-36(41)37-23)20-25-21-40(29-16-7-6-15-28(25)29)22-31(42)39-17-8-9-18-39/h3-7,10-16,19-21,33H,8-9,17-18,22H2,1-2H3,(H,38,43)/b30-20+/t33-/m0/s1. The number of anilines is 1. The topological polar surface area (TPSA) is 97.9 Å². The minimum absolute atomic E-state index is 0.0965. The Morgan fingerprint density at radius 2 is 1.78 bits per heavy atom. The summed E-state index contributed by atoms with van der Waals surface area (Å²) in [5.74, 6) is 0.382. The van der Waals surface area contributed by atoms with Crippen molar-refractivity contribution in [3.63, 3.8) is 0 Å². The van der Waals surface area contributed by atoms with Gasteiger partial charge in [0.1, 0.15) is 12.3 Å². The molecule has 9 nitrogen and oxygen atoms in total. The lowest BCUT2D eigenvalue weighted by molar-refractivity contribution is -0.130. The molecular formula is C36H33N5O4S. The van der Waals surface area contributed by atoms with Crippen molar-refractivity contribution in [2.45, 2.75) is 32.4 Å². The number of nitrogens with one attached hydrogen (secondary N) is 1. The van der Waals surface area contributed by atoms with E-state index in [-0.39, 0.29) is 23.9 Å². The Hall–Kier alpha value is -5.22. The number of fused-ring (bicyclic) bond motifs is 2. The first-order chi connectivity index (χ1) is 22.4. The van der Waals surface area contributed by atoms with Gasteiger partial charge in [0.25, 0.3) is 11.5 Å². The molecule has 0 bridgehead atoms. The zero-order valence-corrected chi connectivity index (χ0v) is 26.4. The van der Waals surface area contributed by atoms with Crippen molar-refractivity contribution >= 4 is 45.8 Å². The van der Waals surface area contributed by atoms with Crippen molar-refractivity contribution in [2.24, 2.45) is 4.99 Å². The Labute approximate surface area is 269 Å². The SMILES string of the molecule is COc1cccc([C@H]2C(C(=O)Nc3ccccc3)=C(C)N=c3s/c(=C/c4cn(CC(=O)N5CCCC5)c5ccccc45)c(=O)n32)c1. The summed E-state index contributed by atoms with van der Waals surface area (Å²) in [4.78, 5) is 48.4. The van der Waals surface area contributed by atoms with Crippen molar-refractivity contribution in [2.75, 3.05) is 25.5 Å². The number of methoxy groups -OCH3 is 1. The van der Waals surface area contributed by atoms with Gasteiger partial charge in [0.05, 0.1) is 29.0 Å². The molecule has 0 saturated carbocycles. The van der Waals surface area contributed by atoms with Crippen LogP contribution in [0.2, 0.25) is 0 Å². The second-order valence-electron chi connectivity index (χ2n) is 11.5. The maximum Gasteiger partial charge on any atom is 0.271 e. The first kappa shape index (κ1) is 29.5. The summed E-state index contributed by atoms with van der Waals surface area (Å²) >= 11 is 1.29. The highest BCUT2D eigenvalue weighted by atomic mass is 32.1. The number of carbonyl (C=O) groups is 2. The highest BCUT2D eigenvalue weighted by Crippen LogP contribution is 2.32. The molecular weight excluding hydrogens is 598 g/mol. The largest absolute Gasteiger partial charge is 0.497 e. The molecule has 0 radical (unpaired) electrons. The van der Waals surface area contributed by atoms with Gasteiger partial charge in [-0.05, 0) is 61.7 Å². The van der Waals surface area contributed by atoms with Gasteiger partial charge in [0.15, 0.2) is 4.80 Å². The molecule has 7 rings (SSSR count). The van der Waals surface area contributed by atoms with Crippen LogP contribution < -0.4 is 24.9 Å².